The number of nitrogens with zero attached hydrogens (tertiary/aromatic N) is 2. The first kappa shape index (κ1) is 11.7. The lowest BCUT2D eigenvalue weighted by Crippen LogP contribution is -2.63. The fourth-order valence-electron chi connectivity index (χ4n) is 3.13. The molecule has 3 rings (SSSR count). The van der Waals surface area contributed by atoms with Gasteiger partial charge in [0, 0.05) is 12.3 Å². The molecule has 0 aromatic rings. The Balaban J connectivity index is 1.88. The number of aliphatic imine (C=N–C) groups is 1. The fourth-order valence-corrected chi connectivity index (χ4v) is 4.90. The molecule has 3 nitrogen and oxygen atoms in total. The Kier molecular flexibility index (Phi) is 2.62. The highest BCUT2D eigenvalue weighted by Gasteiger charge is 2.54. The van der Waals surface area contributed by atoms with Gasteiger partial charge in [0.2, 0.25) is 0 Å². The highest BCUT2D eigenvalue weighted by atomic mass is 32.2. The summed E-state index contributed by atoms with van der Waals surface area (Å²) in [7, 11) is 0. The van der Waals surface area contributed by atoms with Crippen molar-refractivity contribution >= 4 is 17.7 Å². The standard InChI is InChI=1S/C13H23N3S/c1-12(2)5-6-17-9-13(12)8-15-11(14)16(13)7-10-3-4-10/h10H,3-9H2,1-2H3,(H2,14,15). The van der Waals surface area contributed by atoms with Gasteiger partial charge in [0.15, 0.2) is 5.96 Å². The van der Waals surface area contributed by atoms with Gasteiger partial charge in [0.05, 0.1) is 12.1 Å². The van der Waals surface area contributed by atoms with E-state index in [0.29, 0.717) is 5.41 Å². The van der Waals surface area contributed by atoms with Gasteiger partial charge in [-0.15, -0.1) is 0 Å². The van der Waals surface area contributed by atoms with Crippen LogP contribution in [0.15, 0.2) is 4.99 Å². The molecule has 2 heterocycles. The summed E-state index contributed by atoms with van der Waals surface area (Å²) in [4.78, 5) is 7.03. The predicted molar refractivity (Wildman–Crippen MR) is 74.4 cm³/mol. The van der Waals surface area contributed by atoms with E-state index in [2.05, 4.69) is 35.5 Å². The van der Waals surface area contributed by atoms with Crippen LogP contribution in [0.5, 0.6) is 0 Å². The highest BCUT2D eigenvalue weighted by Crippen LogP contribution is 2.49. The average Bonchev–Trinajstić information content (AvgIpc) is 3.03. The van der Waals surface area contributed by atoms with Crippen molar-refractivity contribution in [1.29, 1.82) is 0 Å². The van der Waals surface area contributed by atoms with E-state index in [9.17, 15) is 0 Å². The lowest BCUT2D eigenvalue weighted by Gasteiger charge is -2.52. The van der Waals surface area contributed by atoms with Gasteiger partial charge < -0.3 is 10.6 Å². The van der Waals surface area contributed by atoms with E-state index >= 15 is 0 Å². The number of thioether (sulfide) groups is 1. The monoisotopic (exact) mass is 253 g/mol. The Morgan fingerprint density at radius 1 is 1.47 bits per heavy atom. The minimum Gasteiger partial charge on any atom is -0.370 e. The maximum absolute atomic E-state index is 6.15. The van der Waals surface area contributed by atoms with Gasteiger partial charge in [-0.1, -0.05) is 13.8 Å². The van der Waals surface area contributed by atoms with Crippen LogP contribution >= 0.6 is 11.8 Å². The summed E-state index contributed by atoms with van der Waals surface area (Å²) in [6.45, 7) is 6.85. The van der Waals surface area contributed by atoms with Gasteiger partial charge in [-0.2, -0.15) is 11.8 Å². The zero-order chi connectivity index (χ0) is 12.1. The zero-order valence-electron chi connectivity index (χ0n) is 10.9. The van der Waals surface area contributed by atoms with Crippen LogP contribution in [0.3, 0.4) is 0 Å². The number of hydrogen-bond acceptors (Lipinski definition) is 4. The van der Waals surface area contributed by atoms with Crippen molar-refractivity contribution < 1.29 is 0 Å². The molecule has 4 heteroatoms. The molecule has 0 aromatic carbocycles. The van der Waals surface area contributed by atoms with Crippen molar-refractivity contribution in [2.45, 2.75) is 38.6 Å². The van der Waals surface area contributed by atoms with E-state index in [-0.39, 0.29) is 5.54 Å². The van der Waals surface area contributed by atoms with Gasteiger partial charge >= 0.3 is 0 Å². The van der Waals surface area contributed by atoms with Crippen LogP contribution in [0.25, 0.3) is 0 Å². The molecule has 1 saturated heterocycles. The molecule has 2 aliphatic heterocycles. The largest absolute Gasteiger partial charge is 0.370 e. The summed E-state index contributed by atoms with van der Waals surface area (Å²) in [5, 5.41) is 0. The van der Waals surface area contributed by atoms with Gasteiger partial charge in [-0.3, -0.25) is 4.99 Å². The second-order valence-electron chi connectivity index (χ2n) is 6.45. The molecule has 2 fully saturated rings. The SMILES string of the molecule is CC1(C)CCSCC12CN=C(N)N2CC1CC1. The van der Waals surface area contributed by atoms with Crippen molar-refractivity contribution in [3.05, 3.63) is 0 Å². The fraction of sp³-hybridized carbons (Fsp3) is 0.923. The second kappa shape index (κ2) is 3.81. The maximum Gasteiger partial charge on any atom is 0.191 e. The molecular formula is C13H23N3S. The smallest absolute Gasteiger partial charge is 0.191 e. The second-order valence-corrected chi connectivity index (χ2v) is 7.55. The van der Waals surface area contributed by atoms with Crippen LogP contribution in [0.4, 0.5) is 0 Å². The molecule has 1 atom stereocenters. The Hall–Kier alpha value is -0.380. The summed E-state index contributed by atoms with van der Waals surface area (Å²) < 4.78 is 0. The van der Waals surface area contributed by atoms with Crippen LogP contribution in [0.1, 0.15) is 33.1 Å². The molecule has 96 valence electrons. The van der Waals surface area contributed by atoms with Crippen LogP contribution in [-0.4, -0.2) is 41.0 Å². The van der Waals surface area contributed by atoms with Crippen LogP contribution in [-0.2, 0) is 0 Å². The third-order valence-electron chi connectivity index (χ3n) is 4.91. The van der Waals surface area contributed by atoms with Gasteiger partial charge in [0.25, 0.3) is 0 Å². The van der Waals surface area contributed by atoms with Gasteiger partial charge in [-0.25, -0.2) is 0 Å². The van der Waals surface area contributed by atoms with Crippen LogP contribution in [0.2, 0.25) is 0 Å². The number of nitrogens with two attached hydrogens (primary N) is 1. The molecule has 0 amide bonds. The van der Waals surface area contributed by atoms with Crippen LogP contribution < -0.4 is 5.73 Å². The average molecular weight is 253 g/mol. The van der Waals surface area contributed by atoms with Crippen molar-refractivity contribution in [1.82, 2.24) is 4.90 Å². The first-order valence-corrected chi connectivity index (χ1v) is 7.86. The minimum absolute atomic E-state index is 0.197. The lowest BCUT2D eigenvalue weighted by molar-refractivity contribution is 0.0627. The van der Waals surface area contributed by atoms with E-state index in [0.717, 1.165) is 25.0 Å². The maximum atomic E-state index is 6.15. The molecule has 1 saturated carbocycles. The first-order chi connectivity index (χ1) is 8.05. The van der Waals surface area contributed by atoms with Crippen molar-refractivity contribution in [2.24, 2.45) is 22.1 Å². The summed E-state index contributed by atoms with van der Waals surface area (Å²) in [5.74, 6) is 4.15. The molecule has 1 unspecified atom stereocenters. The number of rotatable bonds is 2. The Bertz CT molecular complexity index is 349. The molecule has 0 bridgehead atoms. The third kappa shape index (κ3) is 1.76. The van der Waals surface area contributed by atoms with E-state index < -0.39 is 0 Å². The predicted octanol–water partition coefficient (Wildman–Crippen LogP) is 1.93. The minimum atomic E-state index is 0.197. The van der Waals surface area contributed by atoms with Gasteiger partial charge in [-0.05, 0) is 36.3 Å². The molecule has 0 aromatic heterocycles. The zero-order valence-corrected chi connectivity index (χ0v) is 11.7. The van der Waals surface area contributed by atoms with E-state index in [4.69, 9.17) is 5.73 Å². The Labute approximate surface area is 108 Å². The highest BCUT2D eigenvalue weighted by molar-refractivity contribution is 7.99. The number of guanidine groups is 1. The van der Waals surface area contributed by atoms with E-state index in [1.807, 2.05) is 0 Å². The Morgan fingerprint density at radius 2 is 2.24 bits per heavy atom. The van der Waals surface area contributed by atoms with Crippen molar-refractivity contribution in [2.75, 3.05) is 24.6 Å². The van der Waals surface area contributed by atoms with Crippen LogP contribution in [0, 0.1) is 11.3 Å². The quantitative estimate of drug-likeness (QED) is 0.817. The molecule has 1 spiro atoms. The third-order valence-corrected chi connectivity index (χ3v) is 6.08. The summed E-state index contributed by atoms with van der Waals surface area (Å²) >= 11 is 2.08. The lowest BCUT2D eigenvalue weighted by atomic mass is 9.70. The van der Waals surface area contributed by atoms with Gasteiger partial charge in [0.1, 0.15) is 0 Å². The first-order valence-electron chi connectivity index (χ1n) is 6.70. The topological polar surface area (TPSA) is 41.6 Å². The normalized spacial score (nSPS) is 36.4. The number of hydrogen-bond donors (Lipinski definition) is 1. The summed E-state index contributed by atoms with van der Waals surface area (Å²) in [6.07, 6.45) is 4.04. The molecular weight excluding hydrogens is 230 g/mol. The summed E-state index contributed by atoms with van der Waals surface area (Å²) in [5.41, 5.74) is 6.68. The molecule has 1 aliphatic carbocycles. The van der Waals surface area contributed by atoms with Crippen molar-refractivity contribution in [3.63, 3.8) is 0 Å². The van der Waals surface area contributed by atoms with E-state index in [1.54, 1.807) is 0 Å². The Morgan fingerprint density at radius 3 is 2.88 bits per heavy atom. The van der Waals surface area contributed by atoms with E-state index in [1.165, 1.54) is 30.8 Å². The molecule has 3 aliphatic rings. The summed E-state index contributed by atoms with van der Waals surface area (Å²) in [6, 6.07) is 0. The van der Waals surface area contributed by atoms with Crippen molar-refractivity contribution in [3.8, 4) is 0 Å². The molecule has 0 radical (unpaired) electrons. The molecule has 2 N–H and O–H groups in total. The molecule has 17 heavy (non-hydrogen) atoms.